The second-order valence-corrected chi connectivity index (χ2v) is 5.55. The SMILES string of the molecule is CCCCN(CCCC)C(=O)c1ccc2c(c1)OCC(=O)N2. The van der Waals surface area contributed by atoms with E-state index in [-0.39, 0.29) is 18.4 Å². The smallest absolute Gasteiger partial charge is 0.262 e. The number of benzene rings is 1. The zero-order chi connectivity index (χ0) is 15.9. The molecule has 2 amide bonds. The van der Waals surface area contributed by atoms with Gasteiger partial charge in [0.15, 0.2) is 6.61 Å². The van der Waals surface area contributed by atoms with Crippen LogP contribution in [-0.2, 0) is 4.79 Å². The summed E-state index contributed by atoms with van der Waals surface area (Å²) in [6.07, 6.45) is 4.14. The zero-order valence-corrected chi connectivity index (χ0v) is 13.4. The van der Waals surface area contributed by atoms with Crippen LogP contribution in [0.4, 0.5) is 5.69 Å². The van der Waals surface area contributed by atoms with Crippen LogP contribution >= 0.6 is 0 Å². The van der Waals surface area contributed by atoms with E-state index in [4.69, 9.17) is 4.74 Å². The summed E-state index contributed by atoms with van der Waals surface area (Å²) in [5, 5.41) is 2.73. The third-order valence-electron chi connectivity index (χ3n) is 3.71. The third kappa shape index (κ3) is 4.00. The van der Waals surface area contributed by atoms with Crippen LogP contribution in [0, 0.1) is 0 Å². The van der Waals surface area contributed by atoms with E-state index in [9.17, 15) is 9.59 Å². The monoisotopic (exact) mass is 304 g/mol. The number of nitrogens with one attached hydrogen (secondary N) is 1. The standard InChI is InChI=1S/C17H24N2O3/c1-3-5-9-19(10-6-4-2)17(21)13-7-8-14-15(11-13)22-12-16(20)18-14/h7-8,11H,3-6,9-10,12H2,1-2H3,(H,18,20). The maximum absolute atomic E-state index is 12.7. The summed E-state index contributed by atoms with van der Waals surface area (Å²) < 4.78 is 5.39. The van der Waals surface area contributed by atoms with Crippen LogP contribution in [0.2, 0.25) is 0 Å². The van der Waals surface area contributed by atoms with Gasteiger partial charge in [-0.15, -0.1) is 0 Å². The first-order valence-corrected chi connectivity index (χ1v) is 8.01. The molecule has 120 valence electrons. The molecule has 0 bridgehead atoms. The molecule has 0 radical (unpaired) electrons. The lowest BCUT2D eigenvalue weighted by Gasteiger charge is -2.24. The fourth-order valence-electron chi connectivity index (χ4n) is 2.40. The first kappa shape index (κ1) is 16.3. The molecular weight excluding hydrogens is 280 g/mol. The lowest BCUT2D eigenvalue weighted by Crippen LogP contribution is -2.33. The van der Waals surface area contributed by atoms with Gasteiger partial charge in [0.25, 0.3) is 11.8 Å². The van der Waals surface area contributed by atoms with Crippen molar-refractivity contribution in [2.75, 3.05) is 25.0 Å². The number of unbranched alkanes of at least 4 members (excludes halogenated alkanes) is 2. The summed E-state index contributed by atoms with van der Waals surface area (Å²) >= 11 is 0. The van der Waals surface area contributed by atoms with E-state index >= 15 is 0 Å². The minimum atomic E-state index is -0.168. The quantitative estimate of drug-likeness (QED) is 0.842. The van der Waals surface area contributed by atoms with Crippen LogP contribution in [0.3, 0.4) is 0 Å². The number of hydrogen-bond acceptors (Lipinski definition) is 3. The number of fused-ring (bicyclic) bond motifs is 1. The van der Waals surface area contributed by atoms with Gasteiger partial charge in [0.2, 0.25) is 0 Å². The van der Waals surface area contributed by atoms with Crippen molar-refractivity contribution >= 4 is 17.5 Å². The van der Waals surface area contributed by atoms with Crippen molar-refractivity contribution in [1.82, 2.24) is 4.90 Å². The summed E-state index contributed by atoms with van der Waals surface area (Å²) in [6, 6.07) is 5.21. The van der Waals surface area contributed by atoms with E-state index in [1.807, 2.05) is 4.90 Å². The van der Waals surface area contributed by atoms with E-state index < -0.39 is 0 Å². The average Bonchev–Trinajstić information content (AvgIpc) is 2.54. The Hall–Kier alpha value is -2.04. The second-order valence-electron chi connectivity index (χ2n) is 5.55. The van der Waals surface area contributed by atoms with Crippen LogP contribution in [0.25, 0.3) is 0 Å². The van der Waals surface area contributed by atoms with Gasteiger partial charge in [-0.3, -0.25) is 9.59 Å². The fraction of sp³-hybridized carbons (Fsp3) is 0.529. The van der Waals surface area contributed by atoms with Crippen LogP contribution in [0.1, 0.15) is 49.9 Å². The maximum Gasteiger partial charge on any atom is 0.262 e. The van der Waals surface area contributed by atoms with E-state index in [0.29, 0.717) is 17.0 Å². The lowest BCUT2D eigenvalue weighted by molar-refractivity contribution is -0.118. The highest BCUT2D eigenvalue weighted by atomic mass is 16.5. The highest BCUT2D eigenvalue weighted by Gasteiger charge is 2.20. The molecule has 0 atom stereocenters. The summed E-state index contributed by atoms with van der Waals surface area (Å²) in [7, 11) is 0. The van der Waals surface area contributed by atoms with Gasteiger partial charge in [-0.2, -0.15) is 0 Å². The zero-order valence-electron chi connectivity index (χ0n) is 13.4. The van der Waals surface area contributed by atoms with Gasteiger partial charge >= 0.3 is 0 Å². The van der Waals surface area contributed by atoms with Crippen molar-refractivity contribution < 1.29 is 14.3 Å². The highest BCUT2D eigenvalue weighted by molar-refractivity contribution is 5.99. The molecule has 0 unspecified atom stereocenters. The van der Waals surface area contributed by atoms with E-state index in [0.717, 1.165) is 38.8 Å². The van der Waals surface area contributed by atoms with E-state index in [2.05, 4.69) is 19.2 Å². The molecule has 0 aromatic heterocycles. The van der Waals surface area contributed by atoms with Crippen molar-refractivity contribution in [3.05, 3.63) is 23.8 Å². The van der Waals surface area contributed by atoms with Gasteiger partial charge in [0.05, 0.1) is 5.69 Å². The molecule has 1 aromatic carbocycles. The molecular formula is C17H24N2O3. The summed E-state index contributed by atoms with van der Waals surface area (Å²) in [4.78, 5) is 25.9. The number of rotatable bonds is 7. The Bertz CT molecular complexity index is 535. The number of hydrogen-bond donors (Lipinski definition) is 1. The Morgan fingerprint density at radius 1 is 1.23 bits per heavy atom. The largest absolute Gasteiger partial charge is 0.482 e. The molecule has 1 heterocycles. The molecule has 22 heavy (non-hydrogen) atoms. The molecule has 0 fully saturated rings. The van der Waals surface area contributed by atoms with Crippen molar-refractivity contribution in [3.63, 3.8) is 0 Å². The Morgan fingerprint density at radius 2 is 1.91 bits per heavy atom. The van der Waals surface area contributed by atoms with Crippen LogP contribution < -0.4 is 10.1 Å². The van der Waals surface area contributed by atoms with Crippen LogP contribution in [0.15, 0.2) is 18.2 Å². The number of anilines is 1. The number of ether oxygens (including phenoxy) is 1. The Balaban J connectivity index is 2.13. The number of nitrogens with zero attached hydrogens (tertiary/aromatic N) is 1. The topological polar surface area (TPSA) is 58.6 Å². The number of carbonyl (C=O) groups excluding carboxylic acids is 2. The van der Waals surface area contributed by atoms with Crippen molar-refractivity contribution in [3.8, 4) is 5.75 Å². The Kier molecular flexibility index (Phi) is 5.81. The Labute approximate surface area is 131 Å². The maximum atomic E-state index is 12.7. The molecule has 5 heteroatoms. The van der Waals surface area contributed by atoms with Crippen LogP contribution in [-0.4, -0.2) is 36.4 Å². The van der Waals surface area contributed by atoms with Crippen molar-refractivity contribution in [1.29, 1.82) is 0 Å². The lowest BCUT2D eigenvalue weighted by atomic mass is 10.1. The van der Waals surface area contributed by atoms with Gasteiger partial charge < -0.3 is 15.0 Å². The molecule has 1 aromatic rings. The molecule has 2 rings (SSSR count). The molecule has 0 spiro atoms. The summed E-state index contributed by atoms with van der Waals surface area (Å²) in [6.45, 7) is 5.81. The molecule has 5 nitrogen and oxygen atoms in total. The van der Waals surface area contributed by atoms with Gasteiger partial charge in [-0.1, -0.05) is 26.7 Å². The minimum absolute atomic E-state index is 0.0000273. The minimum Gasteiger partial charge on any atom is -0.482 e. The van der Waals surface area contributed by atoms with E-state index in [1.165, 1.54) is 0 Å². The number of carbonyl (C=O) groups is 2. The predicted molar refractivity (Wildman–Crippen MR) is 86.3 cm³/mol. The number of amides is 2. The molecule has 0 saturated heterocycles. The highest BCUT2D eigenvalue weighted by Crippen LogP contribution is 2.29. The average molecular weight is 304 g/mol. The van der Waals surface area contributed by atoms with Gasteiger partial charge in [-0.05, 0) is 31.0 Å². The molecule has 1 aliphatic rings. The molecule has 0 saturated carbocycles. The van der Waals surface area contributed by atoms with Crippen molar-refractivity contribution in [2.24, 2.45) is 0 Å². The molecule has 1 N–H and O–H groups in total. The first-order valence-electron chi connectivity index (χ1n) is 8.01. The van der Waals surface area contributed by atoms with Gasteiger partial charge in [0.1, 0.15) is 5.75 Å². The summed E-state index contributed by atoms with van der Waals surface area (Å²) in [5.41, 5.74) is 1.24. The van der Waals surface area contributed by atoms with E-state index in [1.54, 1.807) is 18.2 Å². The first-order chi connectivity index (χ1) is 10.7. The van der Waals surface area contributed by atoms with Crippen LogP contribution in [0.5, 0.6) is 5.75 Å². The summed E-state index contributed by atoms with van der Waals surface area (Å²) in [5.74, 6) is 0.431. The normalized spacial score (nSPS) is 13.1. The third-order valence-corrected chi connectivity index (χ3v) is 3.71. The fourth-order valence-corrected chi connectivity index (χ4v) is 2.40. The molecule has 1 aliphatic heterocycles. The second kappa shape index (κ2) is 7.82. The van der Waals surface area contributed by atoms with Gasteiger partial charge in [0, 0.05) is 18.7 Å². The molecule has 0 aliphatic carbocycles. The Morgan fingerprint density at radius 3 is 2.55 bits per heavy atom. The van der Waals surface area contributed by atoms with Crippen molar-refractivity contribution in [2.45, 2.75) is 39.5 Å². The predicted octanol–water partition coefficient (Wildman–Crippen LogP) is 3.06. The van der Waals surface area contributed by atoms with Gasteiger partial charge in [-0.25, -0.2) is 0 Å².